The quantitative estimate of drug-likeness (QED) is 0.767. The Morgan fingerprint density at radius 2 is 2.33 bits per heavy atom. The second-order valence-corrected chi connectivity index (χ2v) is 4.60. The summed E-state index contributed by atoms with van der Waals surface area (Å²) < 4.78 is 1.65. The van der Waals surface area contributed by atoms with E-state index in [1.54, 1.807) is 16.8 Å². The molecule has 3 aromatic rings. The molecule has 3 heterocycles. The highest BCUT2D eigenvalue weighted by atomic mass is 32.1. The molecule has 0 radical (unpaired) electrons. The molecule has 5 nitrogen and oxygen atoms in total. The fourth-order valence-electron chi connectivity index (χ4n) is 1.70. The van der Waals surface area contributed by atoms with E-state index in [0.717, 1.165) is 0 Å². The van der Waals surface area contributed by atoms with Gasteiger partial charge in [0.05, 0.1) is 11.3 Å². The minimum absolute atomic E-state index is 0.134. The van der Waals surface area contributed by atoms with E-state index in [-0.39, 0.29) is 5.91 Å². The third-order valence-corrected chi connectivity index (χ3v) is 3.18. The van der Waals surface area contributed by atoms with Crippen LogP contribution in [0, 0.1) is 6.92 Å². The molecule has 0 aliphatic rings. The van der Waals surface area contributed by atoms with Gasteiger partial charge in [-0.25, -0.2) is 9.50 Å². The predicted octanol–water partition coefficient (Wildman–Crippen LogP) is 2.35. The lowest BCUT2D eigenvalue weighted by Crippen LogP contribution is -2.11. The number of nitrogens with one attached hydrogen (secondary N) is 1. The van der Waals surface area contributed by atoms with Crippen molar-refractivity contribution in [3.05, 3.63) is 46.5 Å². The van der Waals surface area contributed by atoms with Gasteiger partial charge in [-0.2, -0.15) is 16.4 Å². The van der Waals surface area contributed by atoms with Gasteiger partial charge in [-0.15, -0.1) is 0 Å². The van der Waals surface area contributed by atoms with Crippen LogP contribution in [0.1, 0.15) is 16.2 Å². The van der Waals surface area contributed by atoms with Gasteiger partial charge in [0.15, 0.2) is 5.65 Å². The van der Waals surface area contributed by atoms with Gasteiger partial charge in [0.2, 0.25) is 0 Å². The first-order chi connectivity index (χ1) is 8.74. The Morgan fingerprint density at radius 3 is 3.11 bits per heavy atom. The van der Waals surface area contributed by atoms with Crippen molar-refractivity contribution in [2.75, 3.05) is 5.32 Å². The van der Waals surface area contributed by atoms with Gasteiger partial charge in [-0.05, 0) is 30.5 Å². The van der Waals surface area contributed by atoms with Crippen molar-refractivity contribution in [1.82, 2.24) is 14.6 Å². The first-order valence-corrected chi connectivity index (χ1v) is 6.34. The molecule has 0 saturated heterocycles. The molecule has 0 spiro atoms. The van der Waals surface area contributed by atoms with Crippen LogP contribution in [0.15, 0.2) is 35.2 Å². The average molecular weight is 258 g/mol. The summed E-state index contributed by atoms with van der Waals surface area (Å²) in [5.74, 6) is 0.539. The number of hydrogen-bond acceptors (Lipinski definition) is 4. The standard InChI is InChI=1S/C12H10N4OS/c1-8-13-11-10(3-2-5-16(11)15-8)14-12(17)9-4-6-18-7-9/h2-7H,1H3,(H,14,17). The van der Waals surface area contributed by atoms with Crippen LogP contribution in [-0.4, -0.2) is 20.5 Å². The number of rotatable bonds is 2. The van der Waals surface area contributed by atoms with E-state index in [9.17, 15) is 4.79 Å². The Labute approximate surface area is 107 Å². The Balaban J connectivity index is 1.97. The smallest absolute Gasteiger partial charge is 0.256 e. The van der Waals surface area contributed by atoms with Gasteiger partial charge >= 0.3 is 0 Å². The first kappa shape index (κ1) is 10.9. The molecular weight excluding hydrogens is 248 g/mol. The topological polar surface area (TPSA) is 59.3 Å². The highest BCUT2D eigenvalue weighted by molar-refractivity contribution is 7.08. The Bertz CT molecular complexity index is 702. The van der Waals surface area contributed by atoms with E-state index in [0.29, 0.717) is 22.7 Å². The van der Waals surface area contributed by atoms with Crippen molar-refractivity contribution >= 4 is 28.6 Å². The van der Waals surface area contributed by atoms with Crippen LogP contribution in [0.5, 0.6) is 0 Å². The molecule has 0 unspecified atom stereocenters. The zero-order chi connectivity index (χ0) is 12.5. The Morgan fingerprint density at radius 1 is 1.44 bits per heavy atom. The molecule has 6 heteroatoms. The predicted molar refractivity (Wildman–Crippen MR) is 70.0 cm³/mol. The third-order valence-electron chi connectivity index (χ3n) is 2.50. The summed E-state index contributed by atoms with van der Waals surface area (Å²) in [6.07, 6.45) is 1.80. The largest absolute Gasteiger partial charge is 0.319 e. The molecule has 0 fully saturated rings. The minimum Gasteiger partial charge on any atom is -0.319 e. The van der Waals surface area contributed by atoms with E-state index in [4.69, 9.17) is 0 Å². The first-order valence-electron chi connectivity index (χ1n) is 5.39. The van der Waals surface area contributed by atoms with E-state index in [2.05, 4.69) is 15.4 Å². The summed E-state index contributed by atoms with van der Waals surface area (Å²) >= 11 is 1.49. The van der Waals surface area contributed by atoms with Crippen molar-refractivity contribution in [3.63, 3.8) is 0 Å². The lowest BCUT2D eigenvalue weighted by atomic mass is 10.3. The summed E-state index contributed by atoms with van der Waals surface area (Å²) in [5, 5.41) is 10.7. The summed E-state index contributed by atoms with van der Waals surface area (Å²) in [4.78, 5) is 16.3. The number of amides is 1. The highest BCUT2D eigenvalue weighted by Gasteiger charge is 2.10. The number of pyridine rings is 1. The number of aromatic nitrogens is 3. The lowest BCUT2D eigenvalue weighted by molar-refractivity contribution is 0.102. The SMILES string of the molecule is Cc1nc2c(NC(=O)c3ccsc3)cccn2n1. The molecule has 0 bridgehead atoms. The van der Waals surface area contributed by atoms with Crippen molar-refractivity contribution in [3.8, 4) is 0 Å². The zero-order valence-corrected chi connectivity index (χ0v) is 10.4. The maximum absolute atomic E-state index is 12.0. The van der Waals surface area contributed by atoms with Crippen molar-refractivity contribution in [2.45, 2.75) is 6.92 Å². The number of aryl methyl sites for hydroxylation is 1. The van der Waals surface area contributed by atoms with E-state index in [1.165, 1.54) is 11.3 Å². The average Bonchev–Trinajstić information content (AvgIpc) is 2.96. The molecule has 1 N–H and O–H groups in total. The molecule has 1 amide bonds. The van der Waals surface area contributed by atoms with Crippen molar-refractivity contribution in [1.29, 1.82) is 0 Å². The third kappa shape index (κ3) is 1.86. The van der Waals surface area contributed by atoms with Crippen LogP contribution in [0.25, 0.3) is 5.65 Å². The van der Waals surface area contributed by atoms with Crippen molar-refractivity contribution < 1.29 is 4.79 Å². The molecule has 0 aromatic carbocycles. The van der Waals surface area contributed by atoms with Crippen LogP contribution in [0.2, 0.25) is 0 Å². The molecule has 3 rings (SSSR count). The van der Waals surface area contributed by atoms with Gasteiger partial charge in [-0.1, -0.05) is 0 Å². The number of fused-ring (bicyclic) bond motifs is 1. The second-order valence-electron chi connectivity index (χ2n) is 3.82. The van der Waals surface area contributed by atoms with E-state index < -0.39 is 0 Å². The lowest BCUT2D eigenvalue weighted by Gasteiger charge is -2.04. The van der Waals surface area contributed by atoms with Crippen LogP contribution >= 0.6 is 11.3 Å². The van der Waals surface area contributed by atoms with Crippen LogP contribution in [-0.2, 0) is 0 Å². The zero-order valence-electron chi connectivity index (χ0n) is 9.62. The van der Waals surface area contributed by atoms with Crippen LogP contribution in [0.3, 0.4) is 0 Å². The molecule has 18 heavy (non-hydrogen) atoms. The molecule has 0 aliphatic heterocycles. The van der Waals surface area contributed by atoms with Crippen LogP contribution in [0.4, 0.5) is 5.69 Å². The fourth-order valence-corrected chi connectivity index (χ4v) is 2.33. The van der Waals surface area contributed by atoms with E-state index >= 15 is 0 Å². The molecule has 0 atom stereocenters. The van der Waals surface area contributed by atoms with Gasteiger partial charge in [-0.3, -0.25) is 4.79 Å². The molecule has 90 valence electrons. The Kier molecular flexibility index (Phi) is 2.56. The van der Waals surface area contributed by atoms with E-state index in [1.807, 2.05) is 29.8 Å². The summed E-state index contributed by atoms with van der Waals surface area (Å²) in [7, 11) is 0. The summed E-state index contributed by atoms with van der Waals surface area (Å²) in [6, 6.07) is 5.42. The number of nitrogens with zero attached hydrogens (tertiary/aromatic N) is 3. The van der Waals surface area contributed by atoms with Gasteiger partial charge in [0.1, 0.15) is 5.82 Å². The number of anilines is 1. The highest BCUT2D eigenvalue weighted by Crippen LogP contribution is 2.16. The molecular formula is C12H10N4OS. The second kappa shape index (κ2) is 4.23. The fraction of sp³-hybridized carbons (Fsp3) is 0.0833. The maximum atomic E-state index is 12.0. The van der Waals surface area contributed by atoms with Gasteiger partial charge < -0.3 is 5.32 Å². The van der Waals surface area contributed by atoms with Gasteiger partial charge in [0, 0.05) is 11.6 Å². The normalized spacial score (nSPS) is 10.7. The van der Waals surface area contributed by atoms with Crippen molar-refractivity contribution in [2.24, 2.45) is 0 Å². The molecule has 0 saturated carbocycles. The Hall–Kier alpha value is -2.21. The number of carbonyl (C=O) groups is 1. The van der Waals surface area contributed by atoms with Gasteiger partial charge in [0.25, 0.3) is 5.91 Å². The maximum Gasteiger partial charge on any atom is 0.256 e. The summed E-state index contributed by atoms with van der Waals surface area (Å²) in [5.41, 5.74) is 1.96. The molecule has 3 aromatic heterocycles. The minimum atomic E-state index is -0.134. The number of thiophene rings is 1. The summed E-state index contributed by atoms with van der Waals surface area (Å²) in [6.45, 7) is 1.82. The van der Waals surface area contributed by atoms with Crippen LogP contribution < -0.4 is 5.32 Å². The number of hydrogen-bond donors (Lipinski definition) is 1. The monoisotopic (exact) mass is 258 g/mol. The molecule has 0 aliphatic carbocycles. The number of carbonyl (C=O) groups excluding carboxylic acids is 1.